The van der Waals surface area contributed by atoms with Gasteiger partial charge < -0.3 is 10.6 Å². The van der Waals surface area contributed by atoms with Crippen molar-refractivity contribution in [3.8, 4) is 0 Å². The Labute approximate surface area is 118 Å². The lowest BCUT2D eigenvalue weighted by atomic mass is 9.85. The van der Waals surface area contributed by atoms with E-state index in [4.69, 9.17) is 0 Å². The molecule has 0 unspecified atom stereocenters. The number of rotatable bonds is 5. The molecule has 0 bridgehead atoms. The monoisotopic (exact) mass is 294 g/mol. The molecular weight excluding hydrogens is 269 g/mol. The molecule has 3 nitrogen and oxygen atoms in total. The first kappa shape index (κ1) is 17.3. The van der Waals surface area contributed by atoms with Crippen molar-refractivity contribution in [2.75, 3.05) is 0 Å². The van der Waals surface area contributed by atoms with E-state index in [-0.39, 0.29) is 30.8 Å². The summed E-state index contributed by atoms with van der Waals surface area (Å²) in [6.45, 7) is 5.58. The second-order valence-corrected chi connectivity index (χ2v) is 5.81. The number of carbonyl (C=O) groups excluding carboxylic acids is 1. The van der Waals surface area contributed by atoms with Crippen molar-refractivity contribution in [3.05, 3.63) is 0 Å². The molecule has 0 aromatic rings. The number of hydrogen-bond acceptors (Lipinski definition) is 2. The minimum atomic E-state index is -4.12. The summed E-state index contributed by atoms with van der Waals surface area (Å²) >= 11 is 0. The third-order valence-corrected chi connectivity index (χ3v) is 4.02. The fourth-order valence-corrected chi connectivity index (χ4v) is 2.54. The van der Waals surface area contributed by atoms with Gasteiger partial charge in [0.15, 0.2) is 0 Å². The number of hydrogen-bond donors (Lipinski definition) is 2. The summed E-state index contributed by atoms with van der Waals surface area (Å²) in [7, 11) is 0. The van der Waals surface area contributed by atoms with E-state index in [1.165, 1.54) is 0 Å². The van der Waals surface area contributed by atoms with Crippen LogP contribution in [0.25, 0.3) is 0 Å². The third kappa shape index (κ3) is 5.31. The molecule has 1 aliphatic rings. The molecule has 1 aliphatic carbocycles. The highest BCUT2D eigenvalue weighted by atomic mass is 19.4. The Morgan fingerprint density at radius 2 is 1.95 bits per heavy atom. The average Bonchev–Trinajstić information content (AvgIpc) is 2.37. The summed E-state index contributed by atoms with van der Waals surface area (Å²) in [6, 6.07) is -0.602. The fourth-order valence-electron chi connectivity index (χ4n) is 2.54. The summed E-state index contributed by atoms with van der Waals surface area (Å²) in [4.78, 5) is 11.9. The van der Waals surface area contributed by atoms with E-state index in [0.29, 0.717) is 12.8 Å². The zero-order valence-corrected chi connectivity index (χ0v) is 12.4. The zero-order valence-electron chi connectivity index (χ0n) is 12.4. The molecule has 0 radical (unpaired) electrons. The molecule has 118 valence electrons. The summed E-state index contributed by atoms with van der Waals surface area (Å²) < 4.78 is 38.2. The lowest BCUT2D eigenvalue weighted by Gasteiger charge is -2.32. The molecule has 6 heteroatoms. The van der Waals surface area contributed by atoms with Gasteiger partial charge in [-0.15, -0.1) is 0 Å². The minimum absolute atomic E-state index is 0.0739. The maximum absolute atomic E-state index is 12.7. The van der Waals surface area contributed by atoms with E-state index in [1.807, 2.05) is 13.8 Å². The third-order valence-electron chi connectivity index (χ3n) is 4.02. The van der Waals surface area contributed by atoms with Gasteiger partial charge in [-0.2, -0.15) is 13.2 Å². The van der Waals surface area contributed by atoms with Gasteiger partial charge in [0, 0.05) is 12.1 Å². The van der Waals surface area contributed by atoms with Crippen molar-refractivity contribution in [2.45, 2.75) is 77.2 Å². The van der Waals surface area contributed by atoms with Crippen molar-refractivity contribution in [2.24, 2.45) is 5.92 Å². The standard InChI is InChI=1S/C14H25F3N2O/c1-4-9(2)18-13(20)10(3)19-12-7-5-6-11(8-12)14(15,16)17/h9-12,19H,4-8H2,1-3H3,(H,18,20)/t9-,10-,11+,12+/m0/s1. The van der Waals surface area contributed by atoms with Crippen LogP contribution in [0.5, 0.6) is 0 Å². The van der Waals surface area contributed by atoms with Gasteiger partial charge in [0.2, 0.25) is 5.91 Å². The lowest BCUT2D eigenvalue weighted by Crippen LogP contribution is -2.50. The Kier molecular flexibility index (Phi) is 6.30. The first-order chi connectivity index (χ1) is 9.24. The van der Waals surface area contributed by atoms with Crippen molar-refractivity contribution >= 4 is 5.91 Å². The Morgan fingerprint density at radius 1 is 1.30 bits per heavy atom. The molecule has 1 amide bonds. The molecule has 0 spiro atoms. The average molecular weight is 294 g/mol. The van der Waals surface area contributed by atoms with Gasteiger partial charge in [0.05, 0.1) is 12.0 Å². The normalized spacial score (nSPS) is 26.9. The lowest BCUT2D eigenvalue weighted by molar-refractivity contribution is -0.183. The molecule has 20 heavy (non-hydrogen) atoms. The highest BCUT2D eigenvalue weighted by Crippen LogP contribution is 2.37. The van der Waals surface area contributed by atoms with Gasteiger partial charge in [-0.1, -0.05) is 13.3 Å². The summed E-state index contributed by atoms with van der Waals surface area (Å²) in [5.74, 6) is -1.38. The molecule has 0 heterocycles. The number of nitrogens with one attached hydrogen (secondary N) is 2. The number of amides is 1. The van der Waals surface area contributed by atoms with E-state index in [2.05, 4.69) is 10.6 Å². The number of alkyl halides is 3. The van der Waals surface area contributed by atoms with Crippen LogP contribution in [0.1, 0.15) is 52.9 Å². The second kappa shape index (κ2) is 7.29. The summed E-state index contributed by atoms with van der Waals surface area (Å²) in [5.41, 5.74) is 0. The Bertz CT molecular complexity index is 320. The van der Waals surface area contributed by atoms with Crippen LogP contribution in [0.3, 0.4) is 0 Å². The molecule has 0 aromatic heterocycles. The van der Waals surface area contributed by atoms with Gasteiger partial charge in [0.1, 0.15) is 0 Å². The van der Waals surface area contributed by atoms with E-state index in [0.717, 1.165) is 6.42 Å². The van der Waals surface area contributed by atoms with Crippen LogP contribution >= 0.6 is 0 Å². The zero-order chi connectivity index (χ0) is 15.3. The van der Waals surface area contributed by atoms with E-state index in [1.54, 1.807) is 6.92 Å². The molecule has 4 atom stereocenters. The predicted octanol–water partition coefficient (Wildman–Crippen LogP) is 3.00. The van der Waals surface area contributed by atoms with Crippen molar-refractivity contribution in [1.29, 1.82) is 0 Å². The van der Waals surface area contributed by atoms with Crippen LogP contribution in [-0.4, -0.2) is 30.2 Å². The molecule has 0 aliphatic heterocycles. The first-order valence-corrected chi connectivity index (χ1v) is 7.37. The van der Waals surface area contributed by atoms with Crippen LogP contribution in [0, 0.1) is 5.92 Å². The molecular formula is C14H25F3N2O. The second-order valence-electron chi connectivity index (χ2n) is 5.81. The van der Waals surface area contributed by atoms with Crippen LogP contribution < -0.4 is 10.6 Å². The minimum Gasteiger partial charge on any atom is -0.352 e. The van der Waals surface area contributed by atoms with Crippen molar-refractivity contribution in [3.63, 3.8) is 0 Å². The summed E-state index contributed by atoms with van der Waals surface area (Å²) in [5, 5.41) is 5.87. The van der Waals surface area contributed by atoms with Crippen molar-refractivity contribution in [1.82, 2.24) is 10.6 Å². The predicted molar refractivity (Wildman–Crippen MR) is 72.3 cm³/mol. The summed E-state index contributed by atoms with van der Waals surface area (Å²) in [6.07, 6.45) is -1.75. The van der Waals surface area contributed by atoms with Gasteiger partial charge in [0.25, 0.3) is 0 Å². The quantitative estimate of drug-likeness (QED) is 0.818. The number of carbonyl (C=O) groups is 1. The maximum Gasteiger partial charge on any atom is 0.391 e. The van der Waals surface area contributed by atoms with Crippen LogP contribution in [0.15, 0.2) is 0 Å². The SMILES string of the molecule is CC[C@H](C)NC(=O)[C@H](C)N[C@@H]1CCC[C@@H](C(F)(F)F)C1. The Hall–Kier alpha value is -0.780. The smallest absolute Gasteiger partial charge is 0.352 e. The molecule has 1 rings (SSSR count). The topological polar surface area (TPSA) is 41.1 Å². The van der Waals surface area contributed by atoms with Gasteiger partial charge >= 0.3 is 6.18 Å². The molecule has 0 saturated heterocycles. The van der Waals surface area contributed by atoms with Crippen molar-refractivity contribution < 1.29 is 18.0 Å². The van der Waals surface area contributed by atoms with Crippen LogP contribution in [0.2, 0.25) is 0 Å². The van der Waals surface area contributed by atoms with Gasteiger partial charge in [-0.3, -0.25) is 4.79 Å². The van der Waals surface area contributed by atoms with E-state index in [9.17, 15) is 18.0 Å². The largest absolute Gasteiger partial charge is 0.391 e. The van der Waals surface area contributed by atoms with E-state index >= 15 is 0 Å². The van der Waals surface area contributed by atoms with Gasteiger partial charge in [-0.05, 0) is 39.5 Å². The van der Waals surface area contributed by atoms with E-state index < -0.39 is 18.1 Å². The Morgan fingerprint density at radius 3 is 2.50 bits per heavy atom. The van der Waals surface area contributed by atoms with Crippen LogP contribution in [-0.2, 0) is 4.79 Å². The first-order valence-electron chi connectivity index (χ1n) is 7.37. The molecule has 1 saturated carbocycles. The fraction of sp³-hybridized carbons (Fsp3) is 0.929. The molecule has 1 fully saturated rings. The highest BCUT2D eigenvalue weighted by molar-refractivity contribution is 5.81. The molecule has 2 N–H and O–H groups in total. The number of halogens is 3. The maximum atomic E-state index is 12.7. The Balaban J connectivity index is 2.45. The highest BCUT2D eigenvalue weighted by Gasteiger charge is 2.42. The van der Waals surface area contributed by atoms with Crippen LogP contribution in [0.4, 0.5) is 13.2 Å². The molecule has 0 aromatic carbocycles. The van der Waals surface area contributed by atoms with Gasteiger partial charge in [-0.25, -0.2) is 0 Å².